The van der Waals surface area contributed by atoms with Crippen LogP contribution in [0.3, 0.4) is 0 Å². The summed E-state index contributed by atoms with van der Waals surface area (Å²) in [4.78, 5) is 14.9. The average Bonchev–Trinajstić information content (AvgIpc) is 2.85. The largest absolute Gasteiger partial charge is 0.379 e. The van der Waals surface area contributed by atoms with Crippen molar-refractivity contribution in [3.8, 4) is 0 Å². The summed E-state index contributed by atoms with van der Waals surface area (Å²) in [5, 5.41) is 3.07. The van der Waals surface area contributed by atoms with E-state index in [-0.39, 0.29) is 17.1 Å². The van der Waals surface area contributed by atoms with E-state index in [1.165, 1.54) is 30.7 Å². The highest BCUT2D eigenvalue weighted by Crippen LogP contribution is 2.34. The van der Waals surface area contributed by atoms with Gasteiger partial charge in [-0.1, -0.05) is 19.3 Å². The molecule has 0 bridgehead atoms. The first kappa shape index (κ1) is 24.6. The van der Waals surface area contributed by atoms with Crippen LogP contribution >= 0.6 is 0 Å². The van der Waals surface area contributed by atoms with Crippen molar-refractivity contribution in [2.45, 2.75) is 42.5 Å². The average molecular weight is 494 g/mol. The van der Waals surface area contributed by atoms with Crippen molar-refractivity contribution in [3.05, 3.63) is 59.7 Å². The molecule has 2 aliphatic rings. The molecule has 1 heterocycles. The molecule has 4 rings (SSSR count). The van der Waals surface area contributed by atoms with E-state index in [0.29, 0.717) is 31.4 Å². The maximum Gasteiger partial charge on any atom is 0.261 e. The summed E-state index contributed by atoms with van der Waals surface area (Å²) in [6, 6.07) is 8.34. The van der Waals surface area contributed by atoms with E-state index < -0.39 is 26.6 Å². The van der Waals surface area contributed by atoms with Crippen LogP contribution in [0, 0.1) is 11.6 Å². The van der Waals surface area contributed by atoms with Crippen LogP contribution in [0.4, 0.5) is 14.5 Å². The monoisotopic (exact) mass is 493 g/mol. The molecule has 1 aliphatic carbocycles. The second-order valence-electron chi connectivity index (χ2n) is 8.83. The summed E-state index contributed by atoms with van der Waals surface area (Å²) in [6.45, 7) is 3.69. The number of anilines is 1. The molecule has 10 heteroatoms. The molecule has 184 valence electrons. The van der Waals surface area contributed by atoms with Gasteiger partial charge in [-0.2, -0.15) is 0 Å². The molecule has 2 fully saturated rings. The maximum absolute atomic E-state index is 13.4. The van der Waals surface area contributed by atoms with Gasteiger partial charge in [-0.15, -0.1) is 0 Å². The van der Waals surface area contributed by atoms with Crippen LogP contribution in [0.5, 0.6) is 0 Å². The second kappa shape index (κ2) is 10.4. The topological polar surface area (TPSA) is 87.7 Å². The Bertz CT molecular complexity index is 1110. The van der Waals surface area contributed by atoms with Gasteiger partial charge in [-0.3, -0.25) is 14.4 Å². The molecule has 2 aromatic carbocycles. The van der Waals surface area contributed by atoms with Gasteiger partial charge in [0.2, 0.25) is 0 Å². The lowest BCUT2D eigenvalue weighted by atomic mass is 9.79. The Morgan fingerprint density at radius 3 is 2.29 bits per heavy atom. The number of ether oxygens (including phenoxy) is 1. The Kier molecular flexibility index (Phi) is 7.49. The number of carbonyl (C=O) groups is 1. The number of amides is 1. The van der Waals surface area contributed by atoms with E-state index in [1.807, 2.05) is 0 Å². The van der Waals surface area contributed by atoms with E-state index in [9.17, 15) is 22.0 Å². The van der Waals surface area contributed by atoms with Crippen LogP contribution in [0.1, 0.15) is 42.5 Å². The molecule has 1 saturated carbocycles. The van der Waals surface area contributed by atoms with Crippen molar-refractivity contribution in [2.24, 2.45) is 0 Å². The Hall–Kier alpha value is -2.56. The summed E-state index contributed by atoms with van der Waals surface area (Å²) in [7, 11) is -4.10. The molecule has 0 aromatic heterocycles. The molecule has 1 amide bonds. The molecule has 2 aromatic rings. The Labute approximate surface area is 198 Å². The summed E-state index contributed by atoms with van der Waals surface area (Å²) in [5.74, 6) is -2.60. The molecule has 0 atom stereocenters. The van der Waals surface area contributed by atoms with Crippen LogP contribution in [0.15, 0.2) is 47.4 Å². The number of hydrogen-bond donors (Lipinski definition) is 2. The van der Waals surface area contributed by atoms with Gasteiger partial charge in [0.25, 0.3) is 15.9 Å². The fourth-order valence-corrected chi connectivity index (χ4v) is 5.82. The minimum absolute atomic E-state index is 0.0578. The van der Waals surface area contributed by atoms with Gasteiger partial charge in [-0.05, 0) is 55.3 Å². The highest BCUT2D eigenvalue weighted by molar-refractivity contribution is 7.92. The summed E-state index contributed by atoms with van der Waals surface area (Å²) < 4.78 is 59.3. The van der Waals surface area contributed by atoms with Crippen molar-refractivity contribution < 1.29 is 26.7 Å². The van der Waals surface area contributed by atoms with E-state index >= 15 is 0 Å². The van der Waals surface area contributed by atoms with Crippen LogP contribution in [0.2, 0.25) is 0 Å². The van der Waals surface area contributed by atoms with Gasteiger partial charge in [0.15, 0.2) is 11.6 Å². The van der Waals surface area contributed by atoms with Crippen molar-refractivity contribution in [3.63, 3.8) is 0 Å². The van der Waals surface area contributed by atoms with Gasteiger partial charge in [0.1, 0.15) is 0 Å². The number of halogens is 2. The zero-order valence-electron chi connectivity index (χ0n) is 18.9. The molecule has 7 nitrogen and oxygen atoms in total. The van der Waals surface area contributed by atoms with Gasteiger partial charge < -0.3 is 10.1 Å². The number of nitrogens with zero attached hydrogens (tertiary/aromatic N) is 1. The lowest BCUT2D eigenvalue weighted by molar-refractivity contribution is -0.0361. The minimum atomic E-state index is -4.10. The first-order valence-corrected chi connectivity index (χ1v) is 13.0. The number of rotatable bonds is 7. The van der Waals surface area contributed by atoms with Gasteiger partial charge in [-0.25, -0.2) is 17.2 Å². The third kappa shape index (κ3) is 5.56. The van der Waals surface area contributed by atoms with Crippen molar-refractivity contribution >= 4 is 21.6 Å². The Morgan fingerprint density at radius 1 is 0.971 bits per heavy atom. The van der Waals surface area contributed by atoms with Crippen molar-refractivity contribution in [2.75, 3.05) is 37.6 Å². The molecule has 2 N–H and O–H groups in total. The molecular weight excluding hydrogens is 464 g/mol. The van der Waals surface area contributed by atoms with Crippen LogP contribution in [-0.4, -0.2) is 57.6 Å². The summed E-state index contributed by atoms with van der Waals surface area (Å²) in [6.07, 6.45) is 5.57. The van der Waals surface area contributed by atoms with E-state index in [1.54, 1.807) is 0 Å². The van der Waals surface area contributed by atoms with E-state index in [4.69, 9.17) is 4.74 Å². The van der Waals surface area contributed by atoms with Gasteiger partial charge >= 0.3 is 0 Å². The quantitative estimate of drug-likeness (QED) is 0.616. The van der Waals surface area contributed by atoms with E-state index in [0.717, 1.165) is 50.9 Å². The third-order valence-corrected chi connectivity index (χ3v) is 8.02. The molecule has 1 saturated heterocycles. The summed E-state index contributed by atoms with van der Waals surface area (Å²) in [5.41, 5.74) is 0.555. The number of carbonyl (C=O) groups excluding carboxylic acids is 1. The minimum Gasteiger partial charge on any atom is -0.379 e. The normalized spacial score (nSPS) is 18.9. The first-order chi connectivity index (χ1) is 16.3. The standard InChI is InChI=1S/C24H29F2N3O4S/c25-21-9-8-20(16-22(21)26)34(31,32)28-19-6-4-18(5-7-19)23(30)27-17-24(10-2-1-3-11-24)29-12-14-33-15-13-29/h4-9,16,28H,1-3,10-15,17H2,(H,27,30). The van der Waals surface area contributed by atoms with Crippen LogP contribution in [0.25, 0.3) is 0 Å². The van der Waals surface area contributed by atoms with Crippen molar-refractivity contribution in [1.82, 2.24) is 10.2 Å². The van der Waals surface area contributed by atoms with E-state index in [2.05, 4.69) is 14.9 Å². The van der Waals surface area contributed by atoms with Gasteiger partial charge in [0.05, 0.1) is 18.1 Å². The number of morpholine rings is 1. The van der Waals surface area contributed by atoms with Gasteiger partial charge in [0, 0.05) is 36.4 Å². The Morgan fingerprint density at radius 2 is 1.65 bits per heavy atom. The zero-order valence-corrected chi connectivity index (χ0v) is 19.7. The lowest BCUT2D eigenvalue weighted by Crippen LogP contribution is -2.59. The number of sulfonamides is 1. The first-order valence-electron chi connectivity index (χ1n) is 11.5. The molecule has 34 heavy (non-hydrogen) atoms. The SMILES string of the molecule is O=C(NCC1(N2CCOCC2)CCCCC1)c1ccc(NS(=O)(=O)c2ccc(F)c(F)c2)cc1. The third-order valence-electron chi connectivity index (χ3n) is 6.64. The molecule has 1 aliphatic heterocycles. The van der Waals surface area contributed by atoms with Crippen molar-refractivity contribution in [1.29, 1.82) is 0 Å². The molecular formula is C24H29F2N3O4S. The molecule has 0 radical (unpaired) electrons. The number of hydrogen-bond acceptors (Lipinski definition) is 5. The zero-order chi connectivity index (χ0) is 24.2. The van der Waals surface area contributed by atoms with Crippen LogP contribution in [-0.2, 0) is 14.8 Å². The number of benzene rings is 2. The fourth-order valence-electron chi connectivity index (χ4n) is 4.75. The Balaban J connectivity index is 1.40. The highest BCUT2D eigenvalue weighted by atomic mass is 32.2. The number of nitrogens with one attached hydrogen (secondary N) is 2. The fraction of sp³-hybridized carbons (Fsp3) is 0.458. The molecule has 0 spiro atoms. The predicted octanol–water partition coefficient (Wildman–Crippen LogP) is 3.53. The second-order valence-corrected chi connectivity index (χ2v) is 10.5. The highest BCUT2D eigenvalue weighted by Gasteiger charge is 2.38. The predicted molar refractivity (Wildman–Crippen MR) is 124 cm³/mol. The smallest absolute Gasteiger partial charge is 0.261 e. The maximum atomic E-state index is 13.4. The molecule has 0 unspecified atom stereocenters. The van der Waals surface area contributed by atoms with Crippen LogP contribution < -0.4 is 10.0 Å². The lowest BCUT2D eigenvalue weighted by Gasteiger charge is -2.48. The summed E-state index contributed by atoms with van der Waals surface area (Å²) >= 11 is 0.